The molecule has 2 amide bonds. The molecular formula is C29H29Cl2N5O2. The lowest BCUT2D eigenvalue weighted by molar-refractivity contribution is -0.126. The molecular weight excluding hydrogens is 521 g/mol. The zero-order valence-electron chi connectivity index (χ0n) is 21.5. The fourth-order valence-electron chi connectivity index (χ4n) is 4.59. The topological polar surface area (TPSA) is 89.3 Å². The SMILES string of the molecule is CC(C)(C)c1ccc(N(C(=O)C2CCCN2C#N)C(C(=O)Nc2c(Cl)cccc2Cl)c2cccnc2)cc1. The quantitative estimate of drug-likeness (QED) is 0.362. The van der Waals surface area contributed by atoms with Crippen LogP contribution in [0.5, 0.6) is 0 Å². The lowest BCUT2D eigenvalue weighted by Crippen LogP contribution is -2.49. The first-order chi connectivity index (χ1) is 18.1. The minimum absolute atomic E-state index is 0.0998. The van der Waals surface area contributed by atoms with Gasteiger partial charge >= 0.3 is 0 Å². The second-order valence-corrected chi connectivity index (χ2v) is 11.0. The van der Waals surface area contributed by atoms with E-state index >= 15 is 0 Å². The summed E-state index contributed by atoms with van der Waals surface area (Å²) < 4.78 is 0. The number of para-hydroxylation sites is 1. The number of nitrogens with zero attached hydrogens (tertiary/aromatic N) is 4. The Balaban J connectivity index is 1.85. The van der Waals surface area contributed by atoms with Crippen molar-refractivity contribution < 1.29 is 9.59 Å². The maximum Gasteiger partial charge on any atom is 0.252 e. The number of benzene rings is 2. The number of nitriles is 1. The van der Waals surface area contributed by atoms with E-state index in [0.717, 1.165) is 5.56 Å². The van der Waals surface area contributed by atoms with E-state index in [0.29, 0.717) is 30.6 Å². The number of likely N-dealkylation sites (tertiary alicyclic amines) is 1. The Hall–Kier alpha value is -3.60. The monoisotopic (exact) mass is 549 g/mol. The van der Waals surface area contributed by atoms with Crippen LogP contribution in [-0.2, 0) is 15.0 Å². The van der Waals surface area contributed by atoms with E-state index in [1.54, 1.807) is 42.7 Å². The third-order valence-corrected chi connectivity index (χ3v) is 7.26. The first-order valence-electron chi connectivity index (χ1n) is 12.4. The van der Waals surface area contributed by atoms with Gasteiger partial charge < -0.3 is 5.32 Å². The van der Waals surface area contributed by atoms with Crippen molar-refractivity contribution in [1.82, 2.24) is 9.88 Å². The molecule has 1 aliphatic rings. The van der Waals surface area contributed by atoms with Gasteiger partial charge in [-0.15, -0.1) is 0 Å². The summed E-state index contributed by atoms with van der Waals surface area (Å²) in [5.41, 5.74) is 2.27. The second kappa shape index (κ2) is 11.4. The molecule has 9 heteroatoms. The number of halogens is 2. The normalized spacial score (nSPS) is 16.0. The van der Waals surface area contributed by atoms with Crippen LogP contribution < -0.4 is 10.2 Å². The van der Waals surface area contributed by atoms with Gasteiger partial charge in [-0.3, -0.25) is 24.4 Å². The Bertz CT molecular complexity index is 1330. The largest absolute Gasteiger partial charge is 0.321 e. The minimum Gasteiger partial charge on any atom is -0.321 e. The van der Waals surface area contributed by atoms with Crippen LogP contribution >= 0.6 is 23.2 Å². The third-order valence-electron chi connectivity index (χ3n) is 6.63. The number of carbonyl (C=O) groups excluding carboxylic acids is 2. The second-order valence-electron chi connectivity index (χ2n) is 10.2. The van der Waals surface area contributed by atoms with E-state index in [1.165, 1.54) is 9.80 Å². The van der Waals surface area contributed by atoms with Crippen molar-refractivity contribution in [1.29, 1.82) is 5.26 Å². The highest BCUT2D eigenvalue weighted by Gasteiger charge is 2.40. The average molecular weight is 550 g/mol. The maximum absolute atomic E-state index is 14.2. The fourth-order valence-corrected chi connectivity index (χ4v) is 5.09. The van der Waals surface area contributed by atoms with Gasteiger partial charge in [0, 0.05) is 30.2 Å². The molecule has 0 bridgehead atoms. The summed E-state index contributed by atoms with van der Waals surface area (Å²) >= 11 is 12.7. The molecule has 2 heterocycles. The molecule has 2 aromatic carbocycles. The van der Waals surface area contributed by atoms with Gasteiger partial charge in [0.1, 0.15) is 12.1 Å². The highest BCUT2D eigenvalue weighted by Crippen LogP contribution is 2.36. The van der Waals surface area contributed by atoms with Gasteiger partial charge in [0.05, 0.1) is 15.7 Å². The van der Waals surface area contributed by atoms with Crippen molar-refractivity contribution in [2.45, 2.75) is 51.1 Å². The number of nitrogens with one attached hydrogen (secondary N) is 1. The van der Waals surface area contributed by atoms with Crippen molar-refractivity contribution in [2.75, 3.05) is 16.8 Å². The molecule has 0 saturated carbocycles. The van der Waals surface area contributed by atoms with Gasteiger partial charge in [0.15, 0.2) is 6.19 Å². The molecule has 1 fully saturated rings. The lowest BCUT2D eigenvalue weighted by Gasteiger charge is -2.34. The van der Waals surface area contributed by atoms with Gasteiger partial charge in [-0.1, -0.05) is 68.2 Å². The molecule has 2 unspecified atom stereocenters. The molecule has 1 N–H and O–H groups in total. The summed E-state index contributed by atoms with van der Waals surface area (Å²) in [5, 5.41) is 13.0. The summed E-state index contributed by atoms with van der Waals surface area (Å²) in [6.07, 6.45) is 6.51. The van der Waals surface area contributed by atoms with Gasteiger partial charge in [-0.05, 0) is 54.2 Å². The molecule has 196 valence electrons. The Morgan fingerprint density at radius 1 is 1.11 bits per heavy atom. The van der Waals surface area contributed by atoms with Crippen LogP contribution in [0.3, 0.4) is 0 Å². The predicted octanol–water partition coefficient (Wildman–Crippen LogP) is 6.34. The van der Waals surface area contributed by atoms with E-state index in [-0.39, 0.29) is 27.1 Å². The Kier molecular flexibility index (Phi) is 8.25. The minimum atomic E-state index is -1.11. The first-order valence-corrected chi connectivity index (χ1v) is 13.1. The summed E-state index contributed by atoms with van der Waals surface area (Å²) in [6.45, 7) is 6.80. The summed E-state index contributed by atoms with van der Waals surface area (Å²) in [5.74, 6) is -0.857. The van der Waals surface area contributed by atoms with E-state index in [1.807, 2.05) is 24.3 Å². The number of carbonyl (C=O) groups is 2. The smallest absolute Gasteiger partial charge is 0.252 e. The third kappa shape index (κ3) is 5.77. The van der Waals surface area contributed by atoms with Crippen LogP contribution in [0.4, 0.5) is 11.4 Å². The molecule has 0 spiro atoms. The zero-order valence-corrected chi connectivity index (χ0v) is 23.0. The average Bonchev–Trinajstić information content (AvgIpc) is 3.38. The number of rotatable bonds is 6. The van der Waals surface area contributed by atoms with Gasteiger partial charge in [0.25, 0.3) is 11.8 Å². The molecule has 4 rings (SSSR count). The lowest BCUT2D eigenvalue weighted by atomic mass is 9.87. The summed E-state index contributed by atoms with van der Waals surface area (Å²) in [4.78, 5) is 35.3. The Labute approximate surface area is 233 Å². The molecule has 38 heavy (non-hydrogen) atoms. The Morgan fingerprint density at radius 2 is 1.79 bits per heavy atom. The summed E-state index contributed by atoms with van der Waals surface area (Å²) in [7, 11) is 0. The van der Waals surface area contributed by atoms with Crippen LogP contribution in [0.15, 0.2) is 67.0 Å². The Morgan fingerprint density at radius 3 is 2.37 bits per heavy atom. The van der Waals surface area contributed by atoms with Gasteiger partial charge in [-0.25, -0.2) is 0 Å². The number of hydrogen-bond donors (Lipinski definition) is 1. The maximum atomic E-state index is 14.2. The predicted molar refractivity (Wildman–Crippen MR) is 150 cm³/mol. The molecule has 1 aromatic heterocycles. The molecule has 0 radical (unpaired) electrons. The number of hydrogen-bond acceptors (Lipinski definition) is 5. The van der Waals surface area contributed by atoms with E-state index < -0.39 is 18.0 Å². The fraction of sp³-hybridized carbons (Fsp3) is 0.310. The molecule has 7 nitrogen and oxygen atoms in total. The van der Waals surface area contributed by atoms with Crippen molar-refractivity contribution >= 4 is 46.4 Å². The van der Waals surface area contributed by atoms with E-state index in [2.05, 4.69) is 37.3 Å². The van der Waals surface area contributed by atoms with Crippen molar-refractivity contribution in [3.05, 3.63) is 88.2 Å². The highest BCUT2D eigenvalue weighted by atomic mass is 35.5. The molecule has 1 aliphatic heterocycles. The first kappa shape index (κ1) is 27.4. The number of amides is 2. The van der Waals surface area contributed by atoms with Crippen LogP contribution in [0.1, 0.15) is 50.8 Å². The number of anilines is 2. The standard InChI is InChI=1S/C29H29Cl2N5O2/c1-29(2,3)20-11-13-21(14-12-20)36(28(38)24-10-6-16-35(24)18-32)26(19-7-5-15-33-17-19)27(37)34-25-22(30)8-4-9-23(25)31/h4-5,7-9,11-15,17,24,26H,6,10,16H2,1-3H3,(H,34,37). The number of aromatic nitrogens is 1. The van der Waals surface area contributed by atoms with Crippen molar-refractivity contribution in [3.63, 3.8) is 0 Å². The van der Waals surface area contributed by atoms with Crippen molar-refractivity contribution in [2.24, 2.45) is 0 Å². The molecule has 1 saturated heterocycles. The van der Waals surface area contributed by atoms with E-state index in [9.17, 15) is 14.9 Å². The van der Waals surface area contributed by atoms with Crippen LogP contribution in [0.25, 0.3) is 0 Å². The van der Waals surface area contributed by atoms with Crippen molar-refractivity contribution in [3.8, 4) is 6.19 Å². The molecule has 3 aromatic rings. The van der Waals surface area contributed by atoms with Crippen LogP contribution in [0, 0.1) is 11.5 Å². The van der Waals surface area contributed by atoms with E-state index in [4.69, 9.17) is 23.2 Å². The zero-order chi connectivity index (χ0) is 27.4. The van der Waals surface area contributed by atoms with Crippen LogP contribution in [-0.4, -0.2) is 34.3 Å². The van der Waals surface area contributed by atoms with Crippen LogP contribution in [0.2, 0.25) is 10.0 Å². The molecule has 0 aliphatic carbocycles. The van der Waals surface area contributed by atoms with Gasteiger partial charge in [-0.2, -0.15) is 5.26 Å². The highest BCUT2D eigenvalue weighted by molar-refractivity contribution is 6.39. The number of pyridine rings is 1. The molecule has 2 atom stereocenters. The summed E-state index contributed by atoms with van der Waals surface area (Å²) in [6, 6.07) is 14.2. The van der Waals surface area contributed by atoms with Gasteiger partial charge in [0.2, 0.25) is 0 Å².